The Kier molecular flexibility index (Phi) is 6.41. The van der Waals surface area contributed by atoms with Crippen LogP contribution in [0.25, 0.3) is 11.3 Å². The van der Waals surface area contributed by atoms with Crippen molar-refractivity contribution in [2.75, 3.05) is 18.0 Å². The lowest BCUT2D eigenvalue weighted by molar-refractivity contribution is 0.0986. The SMILES string of the molecule is Cc1nc(N2CCN(Cc3c(C)noc3-c3ccccc3)C2=O)sc1C(=O)CCc1cccnc1. The van der Waals surface area contributed by atoms with E-state index in [-0.39, 0.29) is 11.8 Å². The molecule has 8 nitrogen and oxygen atoms in total. The molecule has 1 fully saturated rings. The van der Waals surface area contributed by atoms with Crippen LogP contribution < -0.4 is 4.90 Å². The first kappa shape index (κ1) is 22.9. The second kappa shape index (κ2) is 9.79. The van der Waals surface area contributed by atoms with Crippen molar-refractivity contribution in [2.45, 2.75) is 33.2 Å². The molecule has 0 saturated carbocycles. The lowest BCUT2D eigenvalue weighted by Gasteiger charge is -2.17. The van der Waals surface area contributed by atoms with Gasteiger partial charge in [0.1, 0.15) is 0 Å². The van der Waals surface area contributed by atoms with E-state index in [0.717, 1.165) is 22.4 Å². The van der Waals surface area contributed by atoms with Crippen molar-refractivity contribution in [2.24, 2.45) is 0 Å². The van der Waals surface area contributed by atoms with Crippen LogP contribution in [0.2, 0.25) is 0 Å². The minimum absolute atomic E-state index is 0.0335. The summed E-state index contributed by atoms with van der Waals surface area (Å²) in [5, 5.41) is 4.69. The maximum absolute atomic E-state index is 13.3. The van der Waals surface area contributed by atoms with Crippen molar-refractivity contribution >= 4 is 28.3 Å². The number of hydrogen-bond donors (Lipinski definition) is 0. The first-order valence-corrected chi connectivity index (χ1v) is 12.3. The third kappa shape index (κ3) is 4.72. The van der Waals surface area contributed by atoms with Crippen molar-refractivity contribution in [3.05, 3.63) is 82.3 Å². The predicted molar refractivity (Wildman–Crippen MR) is 134 cm³/mol. The van der Waals surface area contributed by atoms with E-state index in [1.807, 2.05) is 56.3 Å². The molecule has 4 heterocycles. The quantitative estimate of drug-likeness (QED) is 0.322. The Morgan fingerprint density at radius 2 is 1.91 bits per heavy atom. The zero-order valence-corrected chi connectivity index (χ0v) is 20.4. The highest BCUT2D eigenvalue weighted by molar-refractivity contribution is 7.17. The molecule has 3 aromatic heterocycles. The molecule has 0 aliphatic carbocycles. The Hall–Kier alpha value is -3.85. The smallest absolute Gasteiger partial charge is 0.326 e. The van der Waals surface area contributed by atoms with E-state index in [9.17, 15) is 9.59 Å². The number of urea groups is 1. The average molecular weight is 488 g/mol. The number of carbonyl (C=O) groups is 2. The van der Waals surface area contributed by atoms with Crippen molar-refractivity contribution in [1.82, 2.24) is 20.0 Å². The lowest BCUT2D eigenvalue weighted by Crippen LogP contribution is -2.31. The number of benzene rings is 1. The second-order valence-corrected chi connectivity index (χ2v) is 9.47. The number of pyridine rings is 1. The van der Waals surface area contributed by atoms with Crippen molar-refractivity contribution in [1.29, 1.82) is 0 Å². The van der Waals surface area contributed by atoms with Gasteiger partial charge in [0.15, 0.2) is 16.7 Å². The molecule has 5 rings (SSSR count). The number of thiazole rings is 1. The predicted octanol–water partition coefficient (Wildman–Crippen LogP) is 5.07. The molecular formula is C26H25N5O3S. The molecule has 0 atom stereocenters. The van der Waals surface area contributed by atoms with E-state index < -0.39 is 0 Å². The van der Waals surface area contributed by atoms with Gasteiger partial charge < -0.3 is 9.42 Å². The summed E-state index contributed by atoms with van der Waals surface area (Å²) in [5.41, 5.74) is 4.27. The lowest BCUT2D eigenvalue weighted by atomic mass is 10.1. The summed E-state index contributed by atoms with van der Waals surface area (Å²) in [5.74, 6) is 0.715. The van der Waals surface area contributed by atoms with Gasteiger partial charge in [-0.15, -0.1) is 0 Å². The van der Waals surface area contributed by atoms with E-state index in [4.69, 9.17) is 4.52 Å². The third-order valence-electron chi connectivity index (χ3n) is 6.10. The highest BCUT2D eigenvalue weighted by Crippen LogP contribution is 2.32. The summed E-state index contributed by atoms with van der Waals surface area (Å²) in [4.78, 5) is 38.8. The summed E-state index contributed by atoms with van der Waals surface area (Å²) in [6.07, 6.45) is 4.49. The summed E-state index contributed by atoms with van der Waals surface area (Å²) in [6, 6.07) is 13.5. The summed E-state index contributed by atoms with van der Waals surface area (Å²) < 4.78 is 5.59. The first-order chi connectivity index (χ1) is 17.0. The molecule has 4 aromatic rings. The Balaban J connectivity index is 1.28. The average Bonchev–Trinajstić information content (AvgIpc) is 3.56. The fourth-order valence-electron chi connectivity index (χ4n) is 4.16. The van der Waals surface area contributed by atoms with Gasteiger partial charge in [-0.2, -0.15) is 0 Å². The van der Waals surface area contributed by atoms with Crippen LogP contribution in [0.5, 0.6) is 0 Å². The molecular weight excluding hydrogens is 462 g/mol. The van der Waals surface area contributed by atoms with E-state index in [1.54, 1.807) is 22.2 Å². The monoisotopic (exact) mass is 487 g/mol. The van der Waals surface area contributed by atoms with Gasteiger partial charge in [-0.1, -0.05) is 52.9 Å². The van der Waals surface area contributed by atoms with Gasteiger partial charge in [0.05, 0.1) is 22.8 Å². The van der Waals surface area contributed by atoms with Crippen molar-refractivity contribution < 1.29 is 14.1 Å². The molecule has 0 radical (unpaired) electrons. The number of anilines is 1. The van der Waals surface area contributed by atoms with Crippen molar-refractivity contribution in [3.8, 4) is 11.3 Å². The number of hydrogen-bond acceptors (Lipinski definition) is 7. The van der Waals surface area contributed by atoms with Gasteiger partial charge in [0.2, 0.25) is 0 Å². The normalized spacial score (nSPS) is 13.6. The third-order valence-corrected chi connectivity index (χ3v) is 7.32. The van der Waals surface area contributed by atoms with Crippen LogP contribution in [-0.2, 0) is 13.0 Å². The van der Waals surface area contributed by atoms with E-state index >= 15 is 0 Å². The molecule has 0 bridgehead atoms. The van der Waals surface area contributed by atoms with Gasteiger partial charge in [-0.25, -0.2) is 9.78 Å². The Bertz CT molecular complexity index is 1350. The van der Waals surface area contributed by atoms with Crippen LogP contribution in [0, 0.1) is 13.8 Å². The zero-order valence-electron chi connectivity index (χ0n) is 19.6. The molecule has 9 heteroatoms. The highest BCUT2D eigenvalue weighted by Gasteiger charge is 2.34. The largest absolute Gasteiger partial charge is 0.356 e. The topological polar surface area (TPSA) is 92.4 Å². The minimum atomic E-state index is -0.132. The number of Topliss-reactive ketones (excluding diaryl/α,β-unsaturated/α-hetero) is 1. The van der Waals surface area contributed by atoms with Crippen molar-refractivity contribution in [3.63, 3.8) is 0 Å². The summed E-state index contributed by atoms with van der Waals surface area (Å²) in [6.45, 7) is 5.18. The second-order valence-electron chi connectivity index (χ2n) is 8.49. The maximum atomic E-state index is 13.3. The Morgan fingerprint density at radius 1 is 1.09 bits per heavy atom. The fraction of sp³-hybridized carbons (Fsp3) is 0.269. The van der Waals surface area contributed by atoms with E-state index in [2.05, 4.69) is 15.1 Å². The molecule has 178 valence electrons. The van der Waals surface area contributed by atoms with Crippen LogP contribution >= 0.6 is 11.3 Å². The molecule has 1 saturated heterocycles. The van der Waals surface area contributed by atoms with Crippen LogP contribution in [-0.4, -0.2) is 44.9 Å². The summed E-state index contributed by atoms with van der Waals surface area (Å²) in [7, 11) is 0. The number of nitrogens with zero attached hydrogens (tertiary/aromatic N) is 5. The van der Waals surface area contributed by atoms with E-state index in [0.29, 0.717) is 53.9 Å². The molecule has 2 amide bonds. The number of ketones is 1. The number of aromatic nitrogens is 3. The molecule has 35 heavy (non-hydrogen) atoms. The molecule has 1 aromatic carbocycles. The van der Waals surface area contributed by atoms with Crippen LogP contribution in [0.3, 0.4) is 0 Å². The maximum Gasteiger partial charge on any atom is 0.326 e. The van der Waals surface area contributed by atoms with E-state index in [1.165, 1.54) is 11.3 Å². The van der Waals surface area contributed by atoms with Gasteiger partial charge in [0, 0.05) is 43.0 Å². The number of aryl methyl sites for hydroxylation is 3. The van der Waals surface area contributed by atoms with Gasteiger partial charge >= 0.3 is 6.03 Å². The molecule has 0 spiro atoms. The Labute approximate surface area is 207 Å². The minimum Gasteiger partial charge on any atom is -0.356 e. The number of amides is 2. The van der Waals surface area contributed by atoms with Gasteiger partial charge in [0.25, 0.3) is 0 Å². The molecule has 0 unspecified atom stereocenters. The highest BCUT2D eigenvalue weighted by atomic mass is 32.1. The van der Waals surface area contributed by atoms with Gasteiger partial charge in [-0.05, 0) is 31.9 Å². The zero-order chi connectivity index (χ0) is 24.4. The van der Waals surface area contributed by atoms with Crippen LogP contribution in [0.15, 0.2) is 59.4 Å². The fourth-order valence-corrected chi connectivity index (χ4v) is 5.22. The molecule has 1 aliphatic rings. The molecule has 1 aliphatic heterocycles. The number of carbonyl (C=O) groups excluding carboxylic acids is 2. The summed E-state index contributed by atoms with van der Waals surface area (Å²) >= 11 is 1.29. The molecule has 0 N–H and O–H groups in total. The number of rotatable bonds is 8. The van der Waals surface area contributed by atoms with Crippen LogP contribution in [0.1, 0.15) is 38.6 Å². The van der Waals surface area contributed by atoms with Crippen LogP contribution in [0.4, 0.5) is 9.93 Å². The Morgan fingerprint density at radius 3 is 2.69 bits per heavy atom. The first-order valence-electron chi connectivity index (χ1n) is 11.5. The standard InChI is InChI=1S/C26H25N5O3S/c1-17-21(23(34-29-17)20-8-4-3-5-9-20)16-30-13-14-31(26(30)33)25-28-18(2)24(35-25)22(32)11-10-19-7-6-12-27-15-19/h3-9,12,15H,10-11,13-14,16H2,1-2H3. The van der Waals surface area contributed by atoms with Gasteiger partial charge in [-0.3, -0.25) is 14.7 Å².